The first-order valence-electron chi connectivity index (χ1n) is 8.44. The lowest BCUT2D eigenvalue weighted by molar-refractivity contribution is 0.0914. The topological polar surface area (TPSA) is 79.8 Å². The summed E-state index contributed by atoms with van der Waals surface area (Å²) in [5.74, 6) is 0.330. The number of amides is 1. The second-order valence-corrected chi connectivity index (χ2v) is 7.17. The summed E-state index contributed by atoms with van der Waals surface area (Å²) >= 11 is 1.49. The first kappa shape index (κ1) is 16.0. The van der Waals surface area contributed by atoms with Gasteiger partial charge in [-0.1, -0.05) is 6.07 Å². The molecule has 0 radical (unpaired) electrons. The third-order valence-electron chi connectivity index (χ3n) is 4.44. The summed E-state index contributed by atoms with van der Waals surface area (Å²) in [6.45, 7) is 2.00. The molecule has 1 atom stereocenters. The minimum absolute atomic E-state index is 0.0557. The van der Waals surface area contributed by atoms with Crippen molar-refractivity contribution in [3.63, 3.8) is 0 Å². The Morgan fingerprint density at radius 3 is 2.88 bits per heavy atom. The second kappa shape index (κ2) is 6.76. The van der Waals surface area contributed by atoms with Crippen LogP contribution in [0.15, 0.2) is 35.8 Å². The van der Waals surface area contributed by atoms with E-state index in [1.165, 1.54) is 17.8 Å². The van der Waals surface area contributed by atoms with E-state index in [1.54, 1.807) is 6.20 Å². The number of nitrogens with zero attached hydrogens (tertiary/aromatic N) is 3. The maximum absolute atomic E-state index is 12.6. The Bertz CT molecular complexity index is 891. The Labute approximate surface area is 149 Å². The number of nitrogens with one attached hydrogen (secondary N) is 2. The van der Waals surface area contributed by atoms with E-state index in [4.69, 9.17) is 0 Å². The summed E-state index contributed by atoms with van der Waals surface area (Å²) in [6.07, 6.45) is 5.03. The Hall–Kier alpha value is -2.54. The number of aromatic nitrogens is 3. The Morgan fingerprint density at radius 2 is 2.16 bits per heavy atom. The predicted octanol–water partition coefficient (Wildman–Crippen LogP) is 3.54. The van der Waals surface area contributed by atoms with Crippen LogP contribution in [0.3, 0.4) is 0 Å². The van der Waals surface area contributed by atoms with Crippen LogP contribution in [0.5, 0.6) is 0 Å². The number of thiophene rings is 1. The van der Waals surface area contributed by atoms with Gasteiger partial charge in [0.25, 0.3) is 5.91 Å². The van der Waals surface area contributed by atoms with Crippen molar-refractivity contribution in [1.29, 1.82) is 0 Å². The quantitative estimate of drug-likeness (QED) is 0.733. The first-order valence-corrected chi connectivity index (χ1v) is 9.32. The van der Waals surface area contributed by atoms with Gasteiger partial charge in [-0.05, 0) is 49.8 Å². The molecule has 1 saturated carbocycles. The average molecular weight is 353 g/mol. The molecule has 4 rings (SSSR count). The molecular formula is C18H19N5OS. The van der Waals surface area contributed by atoms with Crippen LogP contribution < -0.4 is 10.6 Å². The number of hydrogen-bond acceptors (Lipinski definition) is 6. The molecule has 1 fully saturated rings. The molecule has 128 valence electrons. The largest absolute Gasteiger partial charge is 0.348 e. The Kier molecular flexibility index (Phi) is 4.31. The van der Waals surface area contributed by atoms with Crippen LogP contribution in [0.1, 0.15) is 48.4 Å². The highest BCUT2D eigenvalue weighted by Crippen LogP contribution is 2.26. The van der Waals surface area contributed by atoms with E-state index in [2.05, 4.69) is 25.6 Å². The molecule has 1 aliphatic carbocycles. The van der Waals surface area contributed by atoms with Crippen molar-refractivity contribution in [3.8, 4) is 0 Å². The van der Waals surface area contributed by atoms with Crippen LogP contribution in [0.25, 0.3) is 10.2 Å². The van der Waals surface area contributed by atoms with Crippen molar-refractivity contribution in [1.82, 2.24) is 20.3 Å². The van der Waals surface area contributed by atoms with Crippen molar-refractivity contribution in [2.45, 2.75) is 38.3 Å². The molecule has 2 N–H and O–H groups in total. The lowest BCUT2D eigenvalue weighted by Gasteiger charge is -2.26. The van der Waals surface area contributed by atoms with Gasteiger partial charge in [0.2, 0.25) is 5.95 Å². The molecule has 1 aliphatic rings. The zero-order valence-corrected chi connectivity index (χ0v) is 14.7. The molecule has 1 amide bonds. The van der Waals surface area contributed by atoms with E-state index in [-0.39, 0.29) is 18.0 Å². The summed E-state index contributed by atoms with van der Waals surface area (Å²) in [6, 6.07) is 7.92. The van der Waals surface area contributed by atoms with Crippen molar-refractivity contribution in [2.24, 2.45) is 0 Å². The van der Waals surface area contributed by atoms with Gasteiger partial charge in [0, 0.05) is 12.2 Å². The molecular weight excluding hydrogens is 334 g/mol. The summed E-state index contributed by atoms with van der Waals surface area (Å²) in [7, 11) is 0. The predicted molar refractivity (Wildman–Crippen MR) is 98.8 cm³/mol. The molecule has 3 aromatic heterocycles. The lowest BCUT2D eigenvalue weighted by atomic mass is 9.93. The molecule has 3 aromatic rings. The number of carbonyl (C=O) groups excluding carboxylic acids is 1. The molecule has 0 bridgehead atoms. The number of fused-ring (bicyclic) bond motifs is 1. The second-order valence-electron chi connectivity index (χ2n) is 6.25. The highest BCUT2D eigenvalue weighted by Gasteiger charge is 2.23. The molecule has 3 heterocycles. The average Bonchev–Trinajstić information content (AvgIpc) is 3.06. The summed E-state index contributed by atoms with van der Waals surface area (Å²) in [4.78, 5) is 26.0. The fourth-order valence-electron chi connectivity index (χ4n) is 2.79. The number of hydrogen-bond donors (Lipinski definition) is 2. The van der Waals surface area contributed by atoms with Crippen LogP contribution in [0.4, 0.5) is 5.95 Å². The normalized spacial score (nSPS) is 15.6. The monoisotopic (exact) mass is 353 g/mol. The highest BCUT2D eigenvalue weighted by atomic mass is 32.1. The van der Waals surface area contributed by atoms with Gasteiger partial charge in [-0.2, -0.15) is 0 Å². The van der Waals surface area contributed by atoms with E-state index >= 15 is 0 Å². The van der Waals surface area contributed by atoms with Crippen LogP contribution in [-0.2, 0) is 0 Å². The molecule has 0 aromatic carbocycles. The first-order chi connectivity index (χ1) is 12.2. The maximum atomic E-state index is 12.6. The molecule has 0 aliphatic heterocycles. The smallest absolute Gasteiger partial charge is 0.271 e. The maximum Gasteiger partial charge on any atom is 0.271 e. The fourth-order valence-corrected chi connectivity index (χ4v) is 3.61. The zero-order chi connectivity index (χ0) is 17.2. The van der Waals surface area contributed by atoms with E-state index in [0.29, 0.717) is 11.6 Å². The number of pyridine rings is 1. The summed E-state index contributed by atoms with van der Waals surface area (Å²) in [5, 5.41) is 8.26. The SMILES string of the molecule is C[C@H](Nc1nc(C(=O)NC2CCC2)c2sccc2n1)c1ccccn1. The lowest BCUT2D eigenvalue weighted by Crippen LogP contribution is -2.39. The standard InChI is InChI=1S/C18H19N5OS/c1-11(13-7-2-3-9-19-13)20-18-22-14-8-10-25-16(14)15(23-18)17(24)21-12-5-4-6-12/h2-3,7-12H,4-6H2,1H3,(H,21,24)(H,20,22,23)/t11-/m0/s1. The molecule has 0 saturated heterocycles. The van der Waals surface area contributed by atoms with Crippen LogP contribution in [-0.4, -0.2) is 26.9 Å². The van der Waals surface area contributed by atoms with E-state index < -0.39 is 0 Å². The highest BCUT2D eigenvalue weighted by molar-refractivity contribution is 7.17. The van der Waals surface area contributed by atoms with Gasteiger partial charge < -0.3 is 10.6 Å². The Balaban J connectivity index is 1.62. The minimum Gasteiger partial charge on any atom is -0.348 e. The summed E-state index contributed by atoms with van der Waals surface area (Å²) in [5.41, 5.74) is 2.13. The van der Waals surface area contributed by atoms with Crippen LogP contribution >= 0.6 is 11.3 Å². The van der Waals surface area contributed by atoms with Gasteiger partial charge in [-0.3, -0.25) is 9.78 Å². The van der Waals surface area contributed by atoms with Gasteiger partial charge in [0.1, 0.15) is 0 Å². The third-order valence-corrected chi connectivity index (χ3v) is 5.35. The molecule has 0 unspecified atom stereocenters. The van der Waals surface area contributed by atoms with Gasteiger partial charge in [0.05, 0.1) is 22.0 Å². The van der Waals surface area contributed by atoms with Gasteiger partial charge >= 0.3 is 0 Å². The van der Waals surface area contributed by atoms with Crippen molar-refractivity contribution in [2.75, 3.05) is 5.32 Å². The van der Waals surface area contributed by atoms with Crippen molar-refractivity contribution >= 4 is 33.4 Å². The van der Waals surface area contributed by atoms with Gasteiger partial charge in [-0.15, -0.1) is 11.3 Å². The minimum atomic E-state index is -0.118. The van der Waals surface area contributed by atoms with E-state index in [9.17, 15) is 4.79 Å². The zero-order valence-electron chi connectivity index (χ0n) is 13.9. The van der Waals surface area contributed by atoms with E-state index in [1.807, 2.05) is 36.6 Å². The van der Waals surface area contributed by atoms with Gasteiger partial charge in [-0.25, -0.2) is 9.97 Å². The molecule has 6 nitrogen and oxygen atoms in total. The van der Waals surface area contributed by atoms with Crippen molar-refractivity contribution < 1.29 is 4.79 Å². The number of carbonyl (C=O) groups is 1. The number of rotatable bonds is 5. The number of anilines is 1. The van der Waals surface area contributed by atoms with Crippen LogP contribution in [0, 0.1) is 0 Å². The fraction of sp³-hybridized carbons (Fsp3) is 0.333. The van der Waals surface area contributed by atoms with Crippen LogP contribution in [0.2, 0.25) is 0 Å². The molecule has 0 spiro atoms. The van der Waals surface area contributed by atoms with Gasteiger partial charge in [0.15, 0.2) is 5.69 Å². The molecule has 7 heteroatoms. The summed E-state index contributed by atoms with van der Waals surface area (Å²) < 4.78 is 0.827. The Morgan fingerprint density at radius 1 is 1.28 bits per heavy atom. The third kappa shape index (κ3) is 3.32. The van der Waals surface area contributed by atoms with Crippen molar-refractivity contribution in [3.05, 3.63) is 47.2 Å². The van der Waals surface area contributed by atoms with E-state index in [0.717, 1.165) is 28.8 Å². The molecule has 25 heavy (non-hydrogen) atoms.